The molecule has 0 bridgehead atoms. The molecule has 2 rings (SSSR count). The van der Waals surface area contributed by atoms with Gasteiger partial charge in [0, 0.05) is 17.5 Å². The minimum Gasteiger partial charge on any atom is -0.467 e. The van der Waals surface area contributed by atoms with Gasteiger partial charge in [-0.3, -0.25) is 0 Å². The lowest BCUT2D eigenvalue weighted by molar-refractivity contribution is 0.103. The number of nitrogens with one attached hydrogen (secondary N) is 1. The second-order valence-electron chi connectivity index (χ2n) is 4.42. The van der Waals surface area contributed by atoms with Gasteiger partial charge in [-0.15, -0.1) is 11.3 Å². The number of thiophene rings is 1. The zero-order chi connectivity index (χ0) is 13.3. The van der Waals surface area contributed by atoms with Crippen molar-refractivity contribution in [3.05, 3.63) is 46.5 Å². The highest BCUT2D eigenvalue weighted by atomic mass is 32.1. The molecule has 3 nitrogen and oxygen atoms in total. The number of ether oxygens (including phenoxy) is 1. The second-order valence-corrected chi connectivity index (χ2v) is 5.40. The molecule has 0 aliphatic rings. The molecule has 0 spiro atoms. The molecule has 1 N–H and O–H groups in total. The summed E-state index contributed by atoms with van der Waals surface area (Å²) >= 11 is 1.82. The standard InChI is InChI=1S/C15H21NO2S/c1-2-14(15-7-4-11-19-15)16-8-5-9-17-12-13-6-3-10-18-13/h3-4,6-7,10-11,14,16H,2,5,8-9,12H2,1H3. The van der Waals surface area contributed by atoms with Gasteiger partial charge >= 0.3 is 0 Å². The first-order valence-corrected chi connectivity index (χ1v) is 7.65. The lowest BCUT2D eigenvalue weighted by Gasteiger charge is -2.15. The highest BCUT2D eigenvalue weighted by Crippen LogP contribution is 2.21. The van der Waals surface area contributed by atoms with E-state index in [4.69, 9.17) is 9.15 Å². The molecule has 0 radical (unpaired) electrons. The molecular weight excluding hydrogens is 258 g/mol. The maximum Gasteiger partial charge on any atom is 0.129 e. The summed E-state index contributed by atoms with van der Waals surface area (Å²) in [6.45, 7) is 4.52. The molecule has 0 aliphatic carbocycles. The summed E-state index contributed by atoms with van der Waals surface area (Å²) < 4.78 is 10.8. The van der Waals surface area contributed by atoms with E-state index >= 15 is 0 Å². The smallest absolute Gasteiger partial charge is 0.129 e. The van der Waals surface area contributed by atoms with Crippen LogP contribution in [-0.4, -0.2) is 13.2 Å². The quantitative estimate of drug-likeness (QED) is 0.705. The number of furan rings is 1. The fourth-order valence-corrected chi connectivity index (χ4v) is 2.84. The highest BCUT2D eigenvalue weighted by Gasteiger charge is 2.08. The van der Waals surface area contributed by atoms with Crippen molar-refractivity contribution in [2.75, 3.05) is 13.2 Å². The van der Waals surface area contributed by atoms with Crippen LogP contribution in [-0.2, 0) is 11.3 Å². The molecule has 2 aromatic heterocycles. The molecule has 0 aliphatic heterocycles. The molecule has 1 unspecified atom stereocenters. The Bertz CT molecular complexity index is 425. The van der Waals surface area contributed by atoms with Gasteiger partial charge in [0.25, 0.3) is 0 Å². The Balaban J connectivity index is 1.56. The van der Waals surface area contributed by atoms with Crippen molar-refractivity contribution < 1.29 is 9.15 Å². The third-order valence-corrected chi connectivity index (χ3v) is 3.96. The van der Waals surface area contributed by atoms with Crippen LogP contribution in [0.1, 0.15) is 36.4 Å². The predicted molar refractivity (Wildman–Crippen MR) is 78.3 cm³/mol. The van der Waals surface area contributed by atoms with E-state index < -0.39 is 0 Å². The zero-order valence-electron chi connectivity index (χ0n) is 11.3. The van der Waals surface area contributed by atoms with Crippen LogP contribution in [0.2, 0.25) is 0 Å². The maximum atomic E-state index is 5.55. The number of hydrogen-bond donors (Lipinski definition) is 1. The Morgan fingerprint density at radius 1 is 1.37 bits per heavy atom. The molecule has 4 heteroatoms. The lowest BCUT2D eigenvalue weighted by atomic mass is 10.2. The monoisotopic (exact) mass is 279 g/mol. The summed E-state index contributed by atoms with van der Waals surface area (Å²) in [5, 5.41) is 5.70. The Morgan fingerprint density at radius 3 is 3.00 bits per heavy atom. The molecule has 19 heavy (non-hydrogen) atoms. The molecule has 0 saturated heterocycles. The van der Waals surface area contributed by atoms with Crippen LogP contribution in [0.15, 0.2) is 40.3 Å². The summed E-state index contributed by atoms with van der Waals surface area (Å²) in [7, 11) is 0. The summed E-state index contributed by atoms with van der Waals surface area (Å²) in [6, 6.07) is 8.59. The fourth-order valence-electron chi connectivity index (χ4n) is 1.95. The Labute approximate surface area is 118 Å². The largest absolute Gasteiger partial charge is 0.467 e. The Hall–Kier alpha value is -1.10. The van der Waals surface area contributed by atoms with Gasteiger partial charge in [0.05, 0.1) is 6.26 Å². The maximum absolute atomic E-state index is 5.55. The summed E-state index contributed by atoms with van der Waals surface area (Å²) in [5.41, 5.74) is 0. The van der Waals surface area contributed by atoms with Crippen LogP contribution in [0, 0.1) is 0 Å². The van der Waals surface area contributed by atoms with Gasteiger partial charge in [-0.05, 0) is 43.0 Å². The van der Waals surface area contributed by atoms with Crippen LogP contribution < -0.4 is 5.32 Å². The van der Waals surface area contributed by atoms with E-state index in [1.54, 1.807) is 6.26 Å². The van der Waals surface area contributed by atoms with E-state index in [9.17, 15) is 0 Å². The van der Waals surface area contributed by atoms with E-state index in [1.807, 2.05) is 23.5 Å². The normalized spacial score (nSPS) is 12.7. The van der Waals surface area contributed by atoms with Crippen molar-refractivity contribution in [2.24, 2.45) is 0 Å². The first-order chi connectivity index (χ1) is 9.40. The molecule has 104 valence electrons. The molecule has 0 aromatic carbocycles. The van der Waals surface area contributed by atoms with Crippen LogP contribution in [0.25, 0.3) is 0 Å². The average molecular weight is 279 g/mol. The summed E-state index contributed by atoms with van der Waals surface area (Å²) in [6.07, 6.45) is 3.81. The average Bonchev–Trinajstić information content (AvgIpc) is 3.11. The Morgan fingerprint density at radius 2 is 2.32 bits per heavy atom. The van der Waals surface area contributed by atoms with Gasteiger partial charge in [0.2, 0.25) is 0 Å². The third-order valence-electron chi connectivity index (χ3n) is 2.98. The van der Waals surface area contributed by atoms with Crippen LogP contribution in [0.4, 0.5) is 0 Å². The minimum absolute atomic E-state index is 0.477. The van der Waals surface area contributed by atoms with E-state index in [0.29, 0.717) is 12.6 Å². The van der Waals surface area contributed by atoms with Gasteiger partial charge in [-0.25, -0.2) is 0 Å². The van der Waals surface area contributed by atoms with Crippen molar-refractivity contribution in [1.82, 2.24) is 5.32 Å². The van der Waals surface area contributed by atoms with Gasteiger partial charge in [-0.2, -0.15) is 0 Å². The van der Waals surface area contributed by atoms with Crippen LogP contribution >= 0.6 is 11.3 Å². The van der Waals surface area contributed by atoms with Crippen LogP contribution in [0.3, 0.4) is 0 Å². The van der Waals surface area contributed by atoms with Gasteiger partial charge in [0.15, 0.2) is 0 Å². The van der Waals surface area contributed by atoms with E-state index in [-0.39, 0.29) is 0 Å². The van der Waals surface area contributed by atoms with Crippen molar-refractivity contribution in [2.45, 2.75) is 32.4 Å². The topological polar surface area (TPSA) is 34.4 Å². The zero-order valence-corrected chi connectivity index (χ0v) is 12.1. The SMILES string of the molecule is CCC(NCCCOCc1ccco1)c1cccs1. The Kier molecular flexibility index (Phi) is 6.14. The predicted octanol–water partition coefficient (Wildman–Crippen LogP) is 3.99. The second kappa shape index (κ2) is 8.15. The molecule has 0 fully saturated rings. The first-order valence-electron chi connectivity index (χ1n) is 6.77. The van der Waals surface area contributed by atoms with Crippen LogP contribution in [0.5, 0.6) is 0 Å². The molecular formula is C15H21NO2S. The third kappa shape index (κ3) is 4.82. The fraction of sp³-hybridized carbons (Fsp3) is 0.467. The number of hydrogen-bond acceptors (Lipinski definition) is 4. The molecule has 1 atom stereocenters. The molecule has 2 aromatic rings. The van der Waals surface area contributed by atoms with Crippen molar-refractivity contribution in [3.63, 3.8) is 0 Å². The molecule has 2 heterocycles. The van der Waals surface area contributed by atoms with E-state index in [0.717, 1.165) is 31.8 Å². The lowest BCUT2D eigenvalue weighted by Crippen LogP contribution is -2.22. The minimum atomic E-state index is 0.477. The number of rotatable bonds is 9. The highest BCUT2D eigenvalue weighted by molar-refractivity contribution is 7.10. The van der Waals surface area contributed by atoms with Crippen molar-refractivity contribution in [3.8, 4) is 0 Å². The van der Waals surface area contributed by atoms with Gasteiger partial charge in [0.1, 0.15) is 12.4 Å². The van der Waals surface area contributed by atoms with E-state index in [2.05, 4.69) is 29.8 Å². The van der Waals surface area contributed by atoms with Crippen molar-refractivity contribution in [1.29, 1.82) is 0 Å². The molecule has 0 saturated carbocycles. The van der Waals surface area contributed by atoms with Gasteiger partial charge in [-0.1, -0.05) is 13.0 Å². The first kappa shape index (κ1) is 14.3. The summed E-state index contributed by atoms with van der Waals surface area (Å²) in [5.74, 6) is 0.887. The molecule has 0 amide bonds. The summed E-state index contributed by atoms with van der Waals surface area (Å²) in [4.78, 5) is 1.42. The van der Waals surface area contributed by atoms with Gasteiger partial charge < -0.3 is 14.5 Å². The van der Waals surface area contributed by atoms with Crippen molar-refractivity contribution >= 4 is 11.3 Å². The van der Waals surface area contributed by atoms with E-state index in [1.165, 1.54) is 4.88 Å².